The van der Waals surface area contributed by atoms with Crippen LogP contribution in [0.2, 0.25) is 0 Å². The number of hydrogen-bond acceptors (Lipinski definition) is 6. The van der Waals surface area contributed by atoms with E-state index in [1.807, 2.05) is 37.3 Å². The number of nitrogens with zero attached hydrogens (tertiary/aromatic N) is 2. The van der Waals surface area contributed by atoms with Crippen LogP contribution in [0.3, 0.4) is 0 Å². The maximum Gasteiger partial charge on any atom is 0.198 e. The molecule has 0 bridgehead atoms. The van der Waals surface area contributed by atoms with Gasteiger partial charge >= 0.3 is 0 Å². The number of ether oxygens (including phenoxy) is 3. The van der Waals surface area contributed by atoms with Gasteiger partial charge in [0.1, 0.15) is 30.5 Å². The van der Waals surface area contributed by atoms with Gasteiger partial charge in [-0.15, -0.1) is 0 Å². The molecule has 0 aromatic heterocycles. The van der Waals surface area contributed by atoms with E-state index in [0.717, 1.165) is 50.4 Å². The molecule has 2 aromatic rings. The van der Waals surface area contributed by atoms with Gasteiger partial charge in [0, 0.05) is 29.8 Å². The highest BCUT2D eigenvalue weighted by atomic mass is 16.5. The lowest BCUT2D eigenvalue weighted by Gasteiger charge is -2.20. The molecule has 0 N–H and O–H groups in total. The number of benzene rings is 2. The van der Waals surface area contributed by atoms with E-state index in [4.69, 9.17) is 14.2 Å². The van der Waals surface area contributed by atoms with Crippen LogP contribution in [-0.4, -0.2) is 74.7 Å². The predicted octanol–water partition coefficient (Wildman–Crippen LogP) is 4.74. The number of fused-ring (bicyclic) bond motifs is 3. The van der Waals surface area contributed by atoms with Crippen LogP contribution < -0.4 is 14.2 Å². The van der Waals surface area contributed by atoms with Crippen molar-refractivity contribution < 1.29 is 19.0 Å². The molecular weight excluding hydrogens is 416 g/mol. The fourth-order valence-electron chi connectivity index (χ4n) is 4.32. The minimum absolute atomic E-state index is 0.0337. The first-order valence-electron chi connectivity index (χ1n) is 12.3. The summed E-state index contributed by atoms with van der Waals surface area (Å²) in [5.74, 6) is 1.98. The van der Waals surface area contributed by atoms with Crippen LogP contribution in [0.25, 0.3) is 11.1 Å². The van der Waals surface area contributed by atoms with Crippen molar-refractivity contribution in [1.29, 1.82) is 0 Å². The number of rotatable bonds is 14. The highest BCUT2D eigenvalue weighted by molar-refractivity contribution is 6.25. The Morgan fingerprint density at radius 1 is 0.636 bits per heavy atom. The summed E-state index contributed by atoms with van der Waals surface area (Å²) in [5.41, 5.74) is 2.83. The molecule has 3 rings (SSSR count). The van der Waals surface area contributed by atoms with Gasteiger partial charge in [0.15, 0.2) is 5.78 Å². The Kier molecular flexibility index (Phi) is 9.15. The maximum absolute atomic E-state index is 13.5. The zero-order valence-corrected chi connectivity index (χ0v) is 20.8. The molecule has 1 aliphatic rings. The molecule has 0 saturated carbocycles. The van der Waals surface area contributed by atoms with E-state index in [2.05, 4.69) is 37.5 Å². The monoisotopic (exact) mass is 454 g/mol. The van der Waals surface area contributed by atoms with E-state index in [1.165, 1.54) is 0 Å². The Labute approximate surface area is 198 Å². The highest BCUT2D eigenvalue weighted by Gasteiger charge is 2.35. The smallest absolute Gasteiger partial charge is 0.198 e. The summed E-state index contributed by atoms with van der Waals surface area (Å²) in [4.78, 5) is 18.1. The van der Waals surface area contributed by atoms with E-state index in [0.29, 0.717) is 48.2 Å². The van der Waals surface area contributed by atoms with Gasteiger partial charge in [0.25, 0.3) is 0 Å². The van der Waals surface area contributed by atoms with Crippen LogP contribution in [-0.2, 0) is 0 Å². The quantitative estimate of drug-likeness (QED) is 0.351. The van der Waals surface area contributed by atoms with Crippen LogP contribution in [0.4, 0.5) is 0 Å². The van der Waals surface area contributed by atoms with Crippen molar-refractivity contribution in [1.82, 2.24) is 9.80 Å². The number of likely N-dealkylation sites (N-methyl/N-ethyl adjacent to an activating group) is 2. The molecule has 6 nitrogen and oxygen atoms in total. The van der Waals surface area contributed by atoms with Crippen molar-refractivity contribution in [2.75, 3.05) is 59.1 Å². The average Bonchev–Trinajstić information content (AvgIpc) is 3.15. The molecule has 0 fully saturated rings. The Morgan fingerprint density at radius 2 is 1.15 bits per heavy atom. The zero-order valence-electron chi connectivity index (χ0n) is 20.8. The summed E-state index contributed by atoms with van der Waals surface area (Å²) in [6.45, 7) is 17.7. The SMILES string of the molecule is CCOc1ccc(OCCN(CC)CC)c2c1-c1c(OCCN(CC)CC)cccc1C2=O. The average molecular weight is 455 g/mol. The third-order valence-electron chi connectivity index (χ3n) is 6.30. The van der Waals surface area contributed by atoms with Crippen molar-refractivity contribution in [3.63, 3.8) is 0 Å². The van der Waals surface area contributed by atoms with Crippen LogP contribution in [0.15, 0.2) is 30.3 Å². The number of carbonyl (C=O) groups is 1. The van der Waals surface area contributed by atoms with Crippen molar-refractivity contribution >= 4 is 5.78 Å². The first-order valence-corrected chi connectivity index (χ1v) is 12.3. The summed E-state index contributed by atoms with van der Waals surface area (Å²) in [7, 11) is 0. The number of ketones is 1. The first kappa shape index (κ1) is 25.1. The zero-order chi connectivity index (χ0) is 23.8. The lowest BCUT2D eigenvalue weighted by molar-refractivity contribution is 0.103. The van der Waals surface area contributed by atoms with E-state index in [1.54, 1.807) is 0 Å². The predicted molar refractivity (Wildman–Crippen MR) is 133 cm³/mol. The van der Waals surface area contributed by atoms with Crippen LogP contribution in [0.5, 0.6) is 17.2 Å². The second-order valence-electron chi connectivity index (χ2n) is 8.00. The fourth-order valence-corrected chi connectivity index (χ4v) is 4.32. The van der Waals surface area contributed by atoms with Crippen molar-refractivity contribution in [2.45, 2.75) is 34.6 Å². The van der Waals surface area contributed by atoms with Gasteiger partial charge in [0.05, 0.1) is 12.2 Å². The van der Waals surface area contributed by atoms with Gasteiger partial charge < -0.3 is 24.0 Å². The summed E-state index contributed by atoms with van der Waals surface area (Å²) in [5, 5.41) is 0. The molecule has 2 aromatic carbocycles. The molecule has 0 spiro atoms. The van der Waals surface area contributed by atoms with Crippen molar-refractivity contribution in [3.05, 3.63) is 41.5 Å². The largest absolute Gasteiger partial charge is 0.493 e. The summed E-state index contributed by atoms with van der Waals surface area (Å²) in [6, 6.07) is 9.45. The summed E-state index contributed by atoms with van der Waals surface area (Å²) in [6.07, 6.45) is 0. The van der Waals surface area contributed by atoms with E-state index >= 15 is 0 Å². The lowest BCUT2D eigenvalue weighted by atomic mass is 10.0. The Morgan fingerprint density at radius 3 is 1.67 bits per heavy atom. The van der Waals surface area contributed by atoms with Gasteiger partial charge in [-0.05, 0) is 51.3 Å². The van der Waals surface area contributed by atoms with E-state index < -0.39 is 0 Å². The third-order valence-corrected chi connectivity index (χ3v) is 6.30. The van der Waals surface area contributed by atoms with Crippen LogP contribution in [0, 0.1) is 0 Å². The maximum atomic E-state index is 13.5. The Balaban J connectivity index is 1.93. The molecule has 0 amide bonds. The highest BCUT2D eigenvalue weighted by Crippen LogP contribution is 2.50. The second-order valence-corrected chi connectivity index (χ2v) is 8.00. The van der Waals surface area contributed by atoms with Crippen LogP contribution in [0.1, 0.15) is 50.5 Å². The Bertz CT molecular complexity index is 936. The lowest BCUT2D eigenvalue weighted by Crippen LogP contribution is -2.28. The topological polar surface area (TPSA) is 51.2 Å². The van der Waals surface area contributed by atoms with Crippen molar-refractivity contribution in [2.24, 2.45) is 0 Å². The normalized spacial score (nSPS) is 12.3. The van der Waals surface area contributed by atoms with Gasteiger partial charge in [-0.3, -0.25) is 4.79 Å². The molecule has 180 valence electrons. The third kappa shape index (κ3) is 5.50. The fraction of sp³-hybridized carbons (Fsp3) is 0.519. The van der Waals surface area contributed by atoms with Gasteiger partial charge in [-0.1, -0.05) is 39.8 Å². The molecule has 0 saturated heterocycles. The minimum Gasteiger partial charge on any atom is -0.493 e. The summed E-state index contributed by atoms with van der Waals surface area (Å²) < 4.78 is 18.3. The van der Waals surface area contributed by atoms with Crippen LogP contribution >= 0.6 is 0 Å². The number of hydrogen-bond donors (Lipinski definition) is 0. The first-order chi connectivity index (χ1) is 16.1. The van der Waals surface area contributed by atoms with Gasteiger partial charge in [-0.2, -0.15) is 0 Å². The molecular formula is C27H38N2O4. The minimum atomic E-state index is -0.0337. The van der Waals surface area contributed by atoms with E-state index in [-0.39, 0.29) is 5.78 Å². The summed E-state index contributed by atoms with van der Waals surface area (Å²) >= 11 is 0. The molecule has 33 heavy (non-hydrogen) atoms. The molecule has 1 aliphatic carbocycles. The second kappa shape index (κ2) is 12.1. The van der Waals surface area contributed by atoms with Crippen molar-refractivity contribution in [3.8, 4) is 28.4 Å². The van der Waals surface area contributed by atoms with Gasteiger partial charge in [-0.25, -0.2) is 0 Å². The molecule has 0 unspecified atom stereocenters. The standard InChI is InChI=1S/C27H38N2O4/c1-6-28(7-2)16-18-32-21-13-11-12-20-24(21)25-22(31-10-5)14-15-23(26(25)27(20)30)33-19-17-29(8-3)9-4/h11-15H,6-10,16-19H2,1-5H3. The molecule has 0 aliphatic heterocycles. The van der Waals surface area contributed by atoms with E-state index in [9.17, 15) is 4.79 Å². The molecule has 0 heterocycles. The Hall–Kier alpha value is -2.57. The molecule has 0 atom stereocenters. The number of carbonyl (C=O) groups excluding carboxylic acids is 1. The molecule has 0 radical (unpaired) electrons. The van der Waals surface area contributed by atoms with Gasteiger partial charge in [0.2, 0.25) is 0 Å². The molecule has 6 heteroatoms.